The molecular formula is C19H30BrIN4. The van der Waals surface area contributed by atoms with Gasteiger partial charge in [-0.2, -0.15) is 0 Å². The number of aliphatic imine (C=N–C) groups is 1. The van der Waals surface area contributed by atoms with Crippen molar-refractivity contribution >= 4 is 51.6 Å². The molecule has 1 N–H and O–H groups in total. The number of halogens is 2. The zero-order valence-corrected chi connectivity index (χ0v) is 19.2. The fourth-order valence-electron chi connectivity index (χ4n) is 3.08. The lowest BCUT2D eigenvalue weighted by molar-refractivity contribution is 0.458. The maximum absolute atomic E-state index is 4.40. The average Bonchev–Trinajstić information content (AvgIpc) is 3.05. The van der Waals surface area contributed by atoms with Gasteiger partial charge in [-0.1, -0.05) is 22.0 Å². The van der Waals surface area contributed by atoms with Crippen molar-refractivity contribution < 1.29 is 0 Å². The molecule has 140 valence electrons. The number of unbranched alkanes of at least 4 members (excludes halogenated alkanes) is 1. The third kappa shape index (κ3) is 7.17. The van der Waals surface area contributed by atoms with E-state index in [0.29, 0.717) is 5.92 Å². The van der Waals surface area contributed by atoms with Gasteiger partial charge in [0, 0.05) is 50.4 Å². The molecule has 0 aromatic heterocycles. The summed E-state index contributed by atoms with van der Waals surface area (Å²) < 4.78 is 1.13. The second-order valence-corrected chi connectivity index (χ2v) is 7.27. The zero-order valence-electron chi connectivity index (χ0n) is 15.2. The highest BCUT2D eigenvalue weighted by molar-refractivity contribution is 14.0. The van der Waals surface area contributed by atoms with Gasteiger partial charge in [0.15, 0.2) is 5.96 Å². The molecular weight excluding hydrogens is 491 g/mol. The summed E-state index contributed by atoms with van der Waals surface area (Å²) in [6.45, 7) is 7.99. The first-order valence-corrected chi connectivity index (χ1v) is 9.46. The van der Waals surface area contributed by atoms with Gasteiger partial charge in [-0.15, -0.1) is 30.6 Å². The van der Waals surface area contributed by atoms with Crippen LogP contribution in [0.4, 0.5) is 5.69 Å². The van der Waals surface area contributed by atoms with Crippen molar-refractivity contribution in [2.24, 2.45) is 10.9 Å². The van der Waals surface area contributed by atoms with Crippen molar-refractivity contribution in [1.29, 1.82) is 0 Å². The van der Waals surface area contributed by atoms with Gasteiger partial charge in [-0.05, 0) is 49.4 Å². The molecule has 2 rings (SSSR count). The normalized spacial score (nSPS) is 17.2. The lowest BCUT2D eigenvalue weighted by Crippen LogP contribution is -2.41. The van der Waals surface area contributed by atoms with Crippen molar-refractivity contribution in [3.63, 3.8) is 0 Å². The topological polar surface area (TPSA) is 30.9 Å². The molecule has 1 unspecified atom stereocenters. The summed E-state index contributed by atoms with van der Waals surface area (Å²) in [6.07, 6.45) is 5.35. The Morgan fingerprint density at radius 2 is 2.16 bits per heavy atom. The number of benzene rings is 1. The summed E-state index contributed by atoms with van der Waals surface area (Å²) >= 11 is 3.50. The summed E-state index contributed by atoms with van der Waals surface area (Å²) in [4.78, 5) is 9.07. The van der Waals surface area contributed by atoms with Crippen LogP contribution in [0.25, 0.3) is 0 Å². The van der Waals surface area contributed by atoms with Crippen LogP contribution in [-0.2, 0) is 0 Å². The molecule has 1 aliphatic rings. The number of nitrogens with one attached hydrogen (secondary N) is 1. The van der Waals surface area contributed by atoms with E-state index in [2.05, 4.69) is 73.9 Å². The maximum Gasteiger partial charge on any atom is 0.193 e. The van der Waals surface area contributed by atoms with E-state index in [1.54, 1.807) is 0 Å². The van der Waals surface area contributed by atoms with Gasteiger partial charge in [0.05, 0.1) is 0 Å². The zero-order chi connectivity index (χ0) is 17.4. The van der Waals surface area contributed by atoms with Crippen molar-refractivity contribution in [2.75, 3.05) is 45.2 Å². The number of allylic oxidation sites excluding steroid dienone is 1. The molecule has 0 aliphatic carbocycles. The van der Waals surface area contributed by atoms with Gasteiger partial charge in [-0.25, -0.2) is 0 Å². The molecule has 1 aromatic carbocycles. The highest BCUT2D eigenvalue weighted by Gasteiger charge is 2.23. The van der Waals surface area contributed by atoms with Gasteiger partial charge in [-0.3, -0.25) is 4.99 Å². The van der Waals surface area contributed by atoms with E-state index in [4.69, 9.17) is 0 Å². The minimum absolute atomic E-state index is 0. The van der Waals surface area contributed by atoms with Crippen molar-refractivity contribution in [1.82, 2.24) is 10.2 Å². The van der Waals surface area contributed by atoms with Crippen LogP contribution in [0.3, 0.4) is 0 Å². The average molecular weight is 521 g/mol. The molecule has 4 nitrogen and oxygen atoms in total. The van der Waals surface area contributed by atoms with Crippen LogP contribution in [0.5, 0.6) is 0 Å². The molecule has 0 saturated carbocycles. The number of rotatable bonds is 7. The number of anilines is 1. The van der Waals surface area contributed by atoms with E-state index in [1.165, 1.54) is 12.1 Å². The quantitative estimate of drug-likeness (QED) is 0.190. The van der Waals surface area contributed by atoms with E-state index in [0.717, 1.165) is 49.5 Å². The standard InChI is InChI=1S/C19H29BrN4.HI/c1-4-5-6-12-23(3)19(21-2)22-14-16-11-13-24(15-16)18-9-7-17(20)8-10-18;/h4,7-10,16H,1,5-6,11-15H2,2-3H3,(H,21,22);1H. The predicted octanol–water partition coefficient (Wildman–Crippen LogP) is 4.37. The Balaban J connectivity index is 0.00000312. The predicted molar refractivity (Wildman–Crippen MR) is 123 cm³/mol. The molecule has 1 heterocycles. The van der Waals surface area contributed by atoms with E-state index < -0.39 is 0 Å². The molecule has 25 heavy (non-hydrogen) atoms. The number of nitrogens with zero attached hydrogens (tertiary/aromatic N) is 3. The van der Waals surface area contributed by atoms with Crippen LogP contribution >= 0.6 is 39.9 Å². The molecule has 1 fully saturated rings. The fraction of sp³-hybridized carbons (Fsp3) is 0.526. The molecule has 0 bridgehead atoms. The summed E-state index contributed by atoms with van der Waals surface area (Å²) in [5, 5.41) is 3.54. The Bertz CT molecular complexity index is 547. The van der Waals surface area contributed by atoms with Gasteiger partial charge < -0.3 is 15.1 Å². The largest absolute Gasteiger partial charge is 0.371 e. The Labute approximate surface area is 177 Å². The molecule has 6 heteroatoms. The highest BCUT2D eigenvalue weighted by Crippen LogP contribution is 2.24. The lowest BCUT2D eigenvalue weighted by atomic mass is 10.1. The van der Waals surface area contributed by atoms with Crippen LogP contribution < -0.4 is 10.2 Å². The third-order valence-electron chi connectivity index (χ3n) is 4.50. The third-order valence-corrected chi connectivity index (χ3v) is 5.03. The number of hydrogen-bond acceptors (Lipinski definition) is 2. The summed E-state index contributed by atoms with van der Waals surface area (Å²) in [5.74, 6) is 1.65. The number of guanidine groups is 1. The Kier molecular flexibility index (Phi) is 10.5. The van der Waals surface area contributed by atoms with Crippen LogP contribution in [-0.4, -0.2) is 51.1 Å². The summed E-state index contributed by atoms with van der Waals surface area (Å²) in [6, 6.07) is 8.60. The van der Waals surface area contributed by atoms with Crippen LogP contribution in [0.15, 0.2) is 46.4 Å². The molecule has 1 aliphatic heterocycles. The molecule has 0 amide bonds. The van der Waals surface area contributed by atoms with Crippen molar-refractivity contribution in [3.05, 3.63) is 41.4 Å². The van der Waals surface area contributed by atoms with Crippen LogP contribution in [0.1, 0.15) is 19.3 Å². The smallest absolute Gasteiger partial charge is 0.193 e. The number of hydrogen-bond donors (Lipinski definition) is 1. The molecule has 0 radical (unpaired) electrons. The fourth-order valence-corrected chi connectivity index (χ4v) is 3.35. The van der Waals surface area contributed by atoms with Gasteiger partial charge in [0.1, 0.15) is 0 Å². The Hall–Kier alpha value is -0.760. The van der Waals surface area contributed by atoms with E-state index in [1.807, 2.05) is 13.1 Å². The summed E-state index contributed by atoms with van der Waals surface area (Å²) in [7, 11) is 3.95. The minimum Gasteiger partial charge on any atom is -0.371 e. The highest BCUT2D eigenvalue weighted by atomic mass is 127. The van der Waals surface area contributed by atoms with E-state index in [-0.39, 0.29) is 24.0 Å². The first kappa shape index (κ1) is 22.3. The Morgan fingerprint density at radius 1 is 1.44 bits per heavy atom. The van der Waals surface area contributed by atoms with E-state index >= 15 is 0 Å². The minimum atomic E-state index is 0. The van der Waals surface area contributed by atoms with Crippen LogP contribution in [0, 0.1) is 5.92 Å². The van der Waals surface area contributed by atoms with Gasteiger partial charge in [0.2, 0.25) is 0 Å². The maximum atomic E-state index is 4.40. The molecule has 1 saturated heterocycles. The lowest BCUT2D eigenvalue weighted by Gasteiger charge is -2.23. The first-order valence-electron chi connectivity index (χ1n) is 8.67. The molecule has 0 spiro atoms. The van der Waals surface area contributed by atoms with Gasteiger partial charge >= 0.3 is 0 Å². The molecule has 1 aromatic rings. The molecule has 1 atom stereocenters. The van der Waals surface area contributed by atoms with Crippen molar-refractivity contribution in [3.8, 4) is 0 Å². The second kappa shape index (κ2) is 11.8. The van der Waals surface area contributed by atoms with E-state index in [9.17, 15) is 0 Å². The monoisotopic (exact) mass is 520 g/mol. The first-order chi connectivity index (χ1) is 11.6. The van der Waals surface area contributed by atoms with Crippen molar-refractivity contribution in [2.45, 2.75) is 19.3 Å². The van der Waals surface area contributed by atoms with Gasteiger partial charge in [0.25, 0.3) is 0 Å². The van der Waals surface area contributed by atoms with Crippen LogP contribution in [0.2, 0.25) is 0 Å². The second-order valence-electron chi connectivity index (χ2n) is 6.36. The summed E-state index contributed by atoms with van der Waals surface area (Å²) in [5.41, 5.74) is 1.31. The Morgan fingerprint density at radius 3 is 2.80 bits per heavy atom. The SMILES string of the molecule is C=CCCCN(C)C(=NC)NCC1CCN(c2ccc(Br)cc2)C1.I.